The highest BCUT2D eigenvalue weighted by atomic mass is 19.1. The van der Waals surface area contributed by atoms with Gasteiger partial charge in [-0.1, -0.05) is 13.3 Å². The zero-order valence-corrected chi connectivity index (χ0v) is 10.0. The van der Waals surface area contributed by atoms with E-state index >= 15 is 0 Å². The Hall–Kier alpha value is -2.18. The summed E-state index contributed by atoms with van der Waals surface area (Å²) in [4.78, 5) is 21.4. The van der Waals surface area contributed by atoms with Crippen LogP contribution >= 0.6 is 0 Å². The second-order valence-corrected chi connectivity index (χ2v) is 3.81. The summed E-state index contributed by atoms with van der Waals surface area (Å²) in [6, 6.07) is 1.15. The van der Waals surface area contributed by atoms with Crippen molar-refractivity contribution in [2.75, 3.05) is 0 Å². The van der Waals surface area contributed by atoms with Crippen molar-refractivity contribution in [3.8, 4) is 5.75 Å². The highest BCUT2D eigenvalue weighted by molar-refractivity contribution is 5.87. The number of rotatable bonds is 6. The molecule has 0 radical (unpaired) electrons. The molecule has 0 aliphatic heterocycles. The maximum Gasteiger partial charge on any atom is 0.344 e. The van der Waals surface area contributed by atoms with Gasteiger partial charge in [0, 0.05) is 0 Å². The molecule has 2 N–H and O–H groups in total. The lowest BCUT2D eigenvalue weighted by Gasteiger charge is -2.15. The molecule has 1 unspecified atom stereocenters. The van der Waals surface area contributed by atoms with E-state index in [9.17, 15) is 18.4 Å². The first-order chi connectivity index (χ1) is 8.86. The van der Waals surface area contributed by atoms with E-state index in [-0.39, 0.29) is 6.42 Å². The molecule has 0 saturated carbocycles. The molecule has 5 nitrogen and oxygen atoms in total. The van der Waals surface area contributed by atoms with E-state index in [2.05, 4.69) is 0 Å². The fourth-order valence-corrected chi connectivity index (χ4v) is 1.43. The Balaban J connectivity index is 3.07. The molecule has 1 atom stereocenters. The minimum atomic E-state index is -1.49. The summed E-state index contributed by atoms with van der Waals surface area (Å²) in [5.74, 6) is -6.22. The minimum Gasteiger partial charge on any atom is -0.479 e. The van der Waals surface area contributed by atoms with Crippen molar-refractivity contribution in [3.63, 3.8) is 0 Å². The maximum atomic E-state index is 13.5. The third-order valence-electron chi connectivity index (χ3n) is 2.33. The quantitative estimate of drug-likeness (QED) is 0.831. The van der Waals surface area contributed by atoms with Crippen LogP contribution in [-0.4, -0.2) is 28.3 Å². The number of ether oxygens (including phenoxy) is 1. The molecule has 0 aliphatic rings. The lowest BCUT2D eigenvalue weighted by molar-refractivity contribution is -0.145. The molecule has 1 rings (SSSR count). The van der Waals surface area contributed by atoms with Gasteiger partial charge in [0.05, 0.1) is 5.56 Å². The second-order valence-electron chi connectivity index (χ2n) is 3.81. The summed E-state index contributed by atoms with van der Waals surface area (Å²) in [6.07, 6.45) is -0.854. The van der Waals surface area contributed by atoms with Crippen LogP contribution in [0.3, 0.4) is 0 Å². The third kappa shape index (κ3) is 3.64. The molecule has 1 aromatic rings. The Bertz CT molecular complexity index is 478. The summed E-state index contributed by atoms with van der Waals surface area (Å²) in [7, 11) is 0. The number of carboxylic acids is 2. The topological polar surface area (TPSA) is 83.8 Å². The first kappa shape index (κ1) is 14.9. The molecule has 0 aromatic heterocycles. The van der Waals surface area contributed by atoms with Gasteiger partial charge in [0.2, 0.25) is 0 Å². The Morgan fingerprint density at radius 1 is 1.26 bits per heavy atom. The number of aliphatic carboxylic acids is 1. The molecule has 0 amide bonds. The first-order valence-corrected chi connectivity index (χ1v) is 5.48. The van der Waals surface area contributed by atoms with Gasteiger partial charge in [-0.2, -0.15) is 0 Å². The van der Waals surface area contributed by atoms with Crippen LogP contribution in [0, 0.1) is 11.6 Å². The Labute approximate surface area is 107 Å². The van der Waals surface area contributed by atoms with Crippen molar-refractivity contribution >= 4 is 11.9 Å². The van der Waals surface area contributed by atoms with E-state index in [1.807, 2.05) is 0 Å². The normalized spacial score (nSPS) is 11.9. The fourth-order valence-electron chi connectivity index (χ4n) is 1.43. The number of aromatic carboxylic acids is 1. The zero-order valence-electron chi connectivity index (χ0n) is 10.0. The largest absolute Gasteiger partial charge is 0.479 e. The van der Waals surface area contributed by atoms with Gasteiger partial charge in [-0.3, -0.25) is 0 Å². The number of hydrogen-bond donors (Lipinski definition) is 2. The van der Waals surface area contributed by atoms with Crippen molar-refractivity contribution in [2.24, 2.45) is 0 Å². The monoisotopic (exact) mass is 274 g/mol. The van der Waals surface area contributed by atoms with Crippen LogP contribution in [0.5, 0.6) is 5.75 Å². The van der Waals surface area contributed by atoms with E-state index in [4.69, 9.17) is 14.9 Å². The van der Waals surface area contributed by atoms with E-state index in [0.717, 1.165) is 0 Å². The van der Waals surface area contributed by atoms with Crippen LogP contribution < -0.4 is 4.74 Å². The molecule has 19 heavy (non-hydrogen) atoms. The van der Waals surface area contributed by atoms with Crippen molar-refractivity contribution in [3.05, 3.63) is 29.3 Å². The van der Waals surface area contributed by atoms with E-state index in [1.54, 1.807) is 6.92 Å². The molecule has 0 spiro atoms. The van der Waals surface area contributed by atoms with Crippen LogP contribution in [0.1, 0.15) is 30.1 Å². The van der Waals surface area contributed by atoms with Gasteiger partial charge >= 0.3 is 11.9 Å². The SMILES string of the molecule is CCCC(Oc1c(F)cc(C(=O)O)cc1F)C(=O)O. The highest BCUT2D eigenvalue weighted by Crippen LogP contribution is 2.25. The van der Waals surface area contributed by atoms with Gasteiger partial charge in [0.25, 0.3) is 0 Å². The predicted molar refractivity (Wildman–Crippen MR) is 60.3 cm³/mol. The lowest BCUT2D eigenvalue weighted by atomic mass is 10.2. The molecule has 0 saturated heterocycles. The molecule has 0 bridgehead atoms. The van der Waals surface area contributed by atoms with Gasteiger partial charge in [-0.05, 0) is 18.6 Å². The number of carboxylic acid groups (broad SMARTS) is 2. The lowest BCUT2D eigenvalue weighted by Crippen LogP contribution is -2.27. The summed E-state index contributed by atoms with van der Waals surface area (Å²) in [5.41, 5.74) is -0.579. The Morgan fingerprint density at radius 3 is 2.16 bits per heavy atom. The molecule has 7 heteroatoms. The minimum absolute atomic E-state index is 0.0783. The average Bonchev–Trinajstić information content (AvgIpc) is 2.31. The number of benzene rings is 1. The second kappa shape index (κ2) is 6.12. The van der Waals surface area contributed by atoms with Crippen LogP contribution in [0.4, 0.5) is 8.78 Å². The number of hydrogen-bond acceptors (Lipinski definition) is 3. The van der Waals surface area contributed by atoms with Crippen molar-refractivity contribution < 1.29 is 33.3 Å². The van der Waals surface area contributed by atoms with Crippen molar-refractivity contribution in [1.82, 2.24) is 0 Å². The molecule has 0 fully saturated rings. The summed E-state index contributed by atoms with van der Waals surface area (Å²) >= 11 is 0. The van der Waals surface area contributed by atoms with E-state index in [1.165, 1.54) is 0 Å². The van der Waals surface area contributed by atoms with E-state index < -0.39 is 41.0 Å². The van der Waals surface area contributed by atoms with Gasteiger partial charge in [-0.25, -0.2) is 18.4 Å². The maximum absolute atomic E-state index is 13.5. The smallest absolute Gasteiger partial charge is 0.344 e. The molecular weight excluding hydrogens is 262 g/mol. The molecular formula is C12H12F2O5. The molecule has 0 aliphatic carbocycles. The van der Waals surface area contributed by atoms with Gasteiger partial charge in [-0.15, -0.1) is 0 Å². The summed E-state index contributed by atoms with van der Waals surface area (Å²) in [5, 5.41) is 17.4. The van der Waals surface area contributed by atoms with Gasteiger partial charge < -0.3 is 14.9 Å². The van der Waals surface area contributed by atoms with Gasteiger partial charge in [0.1, 0.15) is 0 Å². The van der Waals surface area contributed by atoms with Crippen LogP contribution in [0.15, 0.2) is 12.1 Å². The van der Waals surface area contributed by atoms with Crippen molar-refractivity contribution in [1.29, 1.82) is 0 Å². The van der Waals surface area contributed by atoms with Crippen LogP contribution in [0.25, 0.3) is 0 Å². The number of carbonyl (C=O) groups is 2. The third-order valence-corrected chi connectivity index (χ3v) is 2.33. The summed E-state index contributed by atoms with van der Waals surface area (Å²) in [6.45, 7) is 1.69. The predicted octanol–water partition coefficient (Wildman–Crippen LogP) is 2.30. The zero-order chi connectivity index (χ0) is 14.6. The van der Waals surface area contributed by atoms with Crippen LogP contribution in [-0.2, 0) is 4.79 Å². The highest BCUT2D eigenvalue weighted by Gasteiger charge is 2.23. The Kier molecular flexibility index (Phi) is 4.80. The van der Waals surface area contributed by atoms with Gasteiger partial charge in [0.15, 0.2) is 23.5 Å². The average molecular weight is 274 g/mol. The fraction of sp³-hybridized carbons (Fsp3) is 0.333. The molecule has 1 aromatic carbocycles. The molecule has 104 valence electrons. The van der Waals surface area contributed by atoms with Crippen LogP contribution in [0.2, 0.25) is 0 Å². The first-order valence-electron chi connectivity index (χ1n) is 5.48. The van der Waals surface area contributed by atoms with E-state index in [0.29, 0.717) is 18.6 Å². The Morgan fingerprint density at radius 2 is 1.79 bits per heavy atom. The number of halogens is 2. The standard InChI is InChI=1S/C12H12F2O5/c1-2-3-9(12(17)18)19-10-7(13)4-6(11(15)16)5-8(10)14/h4-5,9H,2-3H2,1H3,(H,15,16)(H,17,18). The van der Waals surface area contributed by atoms with Crippen molar-refractivity contribution in [2.45, 2.75) is 25.9 Å². The molecule has 0 heterocycles. The summed E-state index contributed by atoms with van der Waals surface area (Å²) < 4.78 is 31.8.